The first-order chi connectivity index (χ1) is 12.0. The van der Waals surface area contributed by atoms with Crippen LogP contribution in [0, 0.1) is 5.92 Å². The van der Waals surface area contributed by atoms with E-state index < -0.39 is 22.0 Å². The average Bonchev–Trinajstić information content (AvgIpc) is 2.55. The minimum Gasteiger partial charge on any atom is -0.354 e. The van der Waals surface area contributed by atoms with Crippen LogP contribution in [0.2, 0.25) is 5.02 Å². The van der Waals surface area contributed by atoms with Crippen molar-refractivity contribution in [3.05, 3.63) is 34.9 Å². The molecule has 1 atom stereocenters. The van der Waals surface area contributed by atoms with E-state index in [1.165, 1.54) is 11.4 Å². The minimum absolute atomic E-state index is 0.125. The Bertz CT molecular complexity index is 737. The van der Waals surface area contributed by atoms with Gasteiger partial charge in [-0.05, 0) is 24.5 Å². The summed E-state index contributed by atoms with van der Waals surface area (Å²) < 4.78 is 23.9. The molecular weight excluding hydrogens is 378 g/mol. The van der Waals surface area contributed by atoms with Crippen molar-refractivity contribution in [2.24, 2.45) is 5.92 Å². The quantitative estimate of drug-likeness (QED) is 0.610. The molecule has 0 spiro atoms. The topological polar surface area (TPSA) is 95.6 Å². The van der Waals surface area contributed by atoms with Gasteiger partial charge in [-0.2, -0.15) is 0 Å². The van der Waals surface area contributed by atoms with Crippen molar-refractivity contribution in [3.63, 3.8) is 0 Å². The van der Waals surface area contributed by atoms with Gasteiger partial charge >= 0.3 is 0 Å². The Balaban J connectivity index is 2.60. The van der Waals surface area contributed by atoms with E-state index in [0.29, 0.717) is 30.1 Å². The highest BCUT2D eigenvalue weighted by Crippen LogP contribution is 2.15. The summed E-state index contributed by atoms with van der Waals surface area (Å²) >= 11 is 6.02. The Morgan fingerprint density at radius 1 is 1.23 bits per heavy atom. The van der Waals surface area contributed by atoms with Crippen molar-refractivity contribution in [2.75, 3.05) is 26.4 Å². The van der Waals surface area contributed by atoms with Crippen LogP contribution in [0.3, 0.4) is 0 Å². The van der Waals surface area contributed by atoms with E-state index in [0.717, 1.165) is 6.26 Å². The van der Waals surface area contributed by atoms with Crippen LogP contribution in [0.25, 0.3) is 0 Å². The number of nitrogens with one attached hydrogen (secondary N) is 2. The maximum Gasteiger partial charge on any atom is 0.253 e. The Hall–Kier alpha value is -1.64. The van der Waals surface area contributed by atoms with Gasteiger partial charge in [0.15, 0.2) is 0 Å². The van der Waals surface area contributed by atoms with Crippen LogP contribution in [0.1, 0.15) is 30.6 Å². The molecule has 0 aromatic heterocycles. The summed E-state index contributed by atoms with van der Waals surface area (Å²) in [5.74, 6) is -0.858. The summed E-state index contributed by atoms with van der Waals surface area (Å²) in [6.45, 7) is 4.27. The molecule has 0 heterocycles. The molecular formula is C17H26ClN3O4S. The fraction of sp³-hybridized carbons (Fsp3) is 0.529. The second-order valence-corrected chi connectivity index (χ2v) is 8.90. The van der Waals surface area contributed by atoms with Gasteiger partial charge in [0, 0.05) is 20.1 Å². The number of carbonyl (C=O) groups excluding carboxylic acids is 2. The van der Waals surface area contributed by atoms with Crippen molar-refractivity contribution < 1.29 is 18.0 Å². The van der Waals surface area contributed by atoms with Crippen molar-refractivity contribution >= 4 is 33.4 Å². The van der Waals surface area contributed by atoms with E-state index in [1.807, 2.05) is 13.8 Å². The number of halogens is 1. The summed E-state index contributed by atoms with van der Waals surface area (Å²) in [5, 5.41) is 5.76. The normalized spacial score (nSPS) is 12.9. The Morgan fingerprint density at radius 2 is 1.85 bits per heavy atom. The van der Waals surface area contributed by atoms with Gasteiger partial charge < -0.3 is 10.6 Å². The third-order valence-electron chi connectivity index (χ3n) is 3.87. The van der Waals surface area contributed by atoms with Gasteiger partial charge in [-0.3, -0.25) is 9.59 Å². The average molecular weight is 404 g/mol. The molecule has 0 aliphatic carbocycles. The number of amides is 2. The lowest BCUT2D eigenvalue weighted by Gasteiger charge is -2.22. The number of nitrogens with zero attached hydrogens (tertiary/aromatic N) is 1. The summed E-state index contributed by atoms with van der Waals surface area (Å²) in [6, 6.07) is 5.90. The van der Waals surface area contributed by atoms with E-state index in [1.54, 1.807) is 24.3 Å². The zero-order chi connectivity index (χ0) is 19.9. The molecule has 2 amide bonds. The van der Waals surface area contributed by atoms with Gasteiger partial charge in [-0.1, -0.05) is 37.6 Å². The molecule has 2 N–H and O–H groups in total. The summed E-state index contributed by atoms with van der Waals surface area (Å²) in [5.41, 5.74) is 0.308. The number of benzene rings is 1. The fourth-order valence-electron chi connectivity index (χ4n) is 2.19. The van der Waals surface area contributed by atoms with Crippen molar-refractivity contribution in [1.29, 1.82) is 0 Å². The first kappa shape index (κ1) is 22.4. The van der Waals surface area contributed by atoms with E-state index >= 15 is 0 Å². The molecule has 1 unspecified atom stereocenters. The molecule has 146 valence electrons. The molecule has 0 saturated heterocycles. The van der Waals surface area contributed by atoms with Gasteiger partial charge in [-0.25, -0.2) is 12.7 Å². The third-order valence-corrected chi connectivity index (χ3v) is 5.51. The molecule has 7 nitrogen and oxygen atoms in total. The largest absolute Gasteiger partial charge is 0.354 e. The summed E-state index contributed by atoms with van der Waals surface area (Å²) in [4.78, 5) is 24.8. The van der Waals surface area contributed by atoms with E-state index in [-0.39, 0.29) is 11.8 Å². The molecule has 26 heavy (non-hydrogen) atoms. The lowest BCUT2D eigenvalue weighted by atomic mass is 10.0. The first-order valence-corrected chi connectivity index (χ1v) is 10.5. The predicted octanol–water partition coefficient (Wildman–Crippen LogP) is 1.49. The van der Waals surface area contributed by atoms with Crippen molar-refractivity contribution in [2.45, 2.75) is 26.3 Å². The molecule has 0 saturated carbocycles. The third kappa shape index (κ3) is 6.93. The summed E-state index contributed by atoms with van der Waals surface area (Å²) in [6.07, 6.45) is 1.60. The maximum absolute atomic E-state index is 12.4. The fourth-order valence-corrected chi connectivity index (χ4v) is 2.87. The van der Waals surface area contributed by atoms with E-state index in [4.69, 9.17) is 11.6 Å². The molecule has 1 aromatic rings. The zero-order valence-corrected chi connectivity index (χ0v) is 17.0. The Morgan fingerprint density at radius 3 is 2.38 bits per heavy atom. The molecule has 1 aromatic carbocycles. The molecule has 0 fully saturated rings. The Labute approximate surface area is 160 Å². The highest BCUT2D eigenvalue weighted by molar-refractivity contribution is 7.88. The number of hydrogen-bond acceptors (Lipinski definition) is 4. The highest BCUT2D eigenvalue weighted by Gasteiger charge is 2.25. The van der Waals surface area contributed by atoms with Gasteiger partial charge in [0.1, 0.15) is 6.04 Å². The first-order valence-electron chi connectivity index (χ1n) is 8.28. The highest BCUT2D eigenvalue weighted by atomic mass is 35.5. The van der Waals surface area contributed by atoms with E-state index in [9.17, 15) is 18.0 Å². The molecule has 0 bridgehead atoms. The minimum atomic E-state index is -3.23. The zero-order valence-electron chi connectivity index (χ0n) is 15.5. The van der Waals surface area contributed by atoms with Gasteiger partial charge in [0.05, 0.1) is 16.8 Å². The second-order valence-electron chi connectivity index (χ2n) is 6.40. The predicted molar refractivity (Wildman–Crippen MR) is 103 cm³/mol. The van der Waals surface area contributed by atoms with E-state index in [2.05, 4.69) is 10.6 Å². The lowest BCUT2D eigenvalue weighted by Crippen LogP contribution is -2.50. The van der Waals surface area contributed by atoms with Crippen LogP contribution in [0.5, 0.6) is 0 Å². The van der Waals surface area contributed by atoms with Gasteiger partial charge in [-0.15, -0.1) is 0 Å². The van der Waals surface area contributed by atoms with Crippen LogP contribution >= 0.6 is 11.6 Å². The number of hydrogen-bond donors (Lipinski definition) is 2. The SMILES string of the molecule is CC(C)C(NC(=O)c1ccccc1Cl)C(=O)NCCCN(C)S(C)(=O)=O. The lowest BCUT2D eigenvalue weighted by molar-refractivity contribution is -0.123. The van der Waals surface area contributed by atoms with Gasteiger partial charge in [0.2, 0.25) is 15.9 Å². The van der Waals surface area contributed by atoms with Crippen LogP contribution < -0.4 is 10.6 Å². The standard InChI is InChI=1S/C17H26ClN3O4S/c1-12(2)15(20-16(22)13-8-5-6-9-14(13)18)17(23)19-10-7-11-21(3)26(4,24)25/h5-6,8-9,12,15H,7,10-11H2,1-4H3,(H,19,23)(H,20,22). The number of carbonyl (C=O) groups is 2. The van der Waals surface area contributed by atoms with Crippen LogP contribution in [-0.4, -0.2) is 57.0 Å². The van der Waals surface area contributed by atoms with Crippen LogP contribution in [0.4, 0.5) is 0 Å². The van der Waals surface area contributed by atoms with Crippen molar-refractivity contribution in [3.8, 4) is 0 Å². The van der Waals surface area contributed by atoms with Crippen molar-refractivity contribution in [1.82, 2.24) is 14.9 Å². The molecule has 0 aliphatic rings. The molecule has 0 radical (unpaired) electrons. The van der Waals surface area contributed by atoms with Crippen LogP contribution in [-0.2, 0) is 14.8 Å². The van der Waals surface area contributed by atoms with Crippen LogP contribution in [0.15, 0.2) is 24.3 Å². The summed E-state index contributed by atoms with van der Waals surface area (Å²) in [7, 11) is -1.75. The smallest absolute Gasteiger partial charge is 0.253 e. The second kappa shape index (κ2) is 9.89. The maximum atomic E-state index is 12.4. The van der Waals surface area contributed by atoms with Gasteiger partial charge in [0.25, 0.3) is 5.91 Å². The molecule has 9 heteroatoms. The Kier molecular flexibility index (Phi) is 8.52. The molecule has 0 aliphatic heterocycles. The number of rotatable bonds is 9. The molecule has 1 rings (SSSR count). The number of sulfonamides is 1. The monoisotopic (exact) mass is 403 g/mol.